The van der Waals surface area contributed by atoms with Crippen molar-refractivity contribution in [3.8, 4) is 5.69 Å². The summed E-state index contributed by atoms with van der Waals surface area (Å²) in [6.07, 6.45) is 0. The van der Waals surface area contributed by atoms with Crippen molar-refractivity contribution in [1.82, 2.24) is 13.9 Å². The van der Waals surface area contributed by atoms with Crippen LogP contribution in [0.15, 0.2) is 77.7 Å². The number of imidazole rings is 1. The smallest absolute Gasteiger partial charge is 0.255 e. The molecule has 1 aliphatic rings. The second-order valence-electron chi connectivity index (χ2n) is 8.03. The van der Waals surface area contributed by atoms with E-state index in [4.69, 9.17) is 4.74 Å². The fourth-order valence-corrected chi connectivity index (χ4v) is 5.57. The molecule has 0 unspecified atom stereocenters. The lowest BCUT2D eigenvalue weighted by Gasteiger charge is -2.26. The first-order valence-electron chi connectivity index (χ1n) is 11.0. The molecule has 0 radical (unpaired) electrons. The van der Waals surface area contributed by atoms with Gasteiger partial charge in [0, 0.05) is 30.0 Å². The Kier molecular flexibility index (Phi) is 5.91. The van der Waals surface area contributed by atoms with Gasteiger partial charge in [0.1, 0.15) is 5.82 Å². The summed E-state index contributed by atoms with van der Waals surface area (Å²) in [6.45, 7) is 3.30. The van der Waals surface area contributed by atoms with Crippen molar-refractivity contribution < 1.29 is 17.9 Å². The molecule has 0 aliphatic carbocycles. The lowest BCUT2D eigenvalue weighted by atomic mass is 10.1. The monoisotopic (exact) mass is 476 g/mol. The van der Waals surface area contributed by atoms with Crippen LogP contribution in [-0.2, 0) is 14.8 Å². The van der Waals surface area contributed by atoms with Crippen LogP contribution in [0.3, 0.4) is 0 Å². The minimum atomic E-state index is -3.65. The first-order chi connectivity index (χ1) is 16.4. The normalized spacial score (nSPS) is 14.9. The van der Waals surface area contributed by atoms with Gasteiger partial charge in [-0.15, -0.1) is 0 Å². The Balaban J connectivity index is 1.39. The number of carbonyl (C=O) groups excluding carboxylic acids is 1. The molecule has 5 rings (SSSR count). The van der Waals surface area contributed by atoms with Gasteiger partial charge in [0.2, 0.25) is 10.0 Å². The minimum Gasteiger partial charge on any atom is -0.379 e. The summed E-state index contributed by atoms with van der Waals surface area (Å²) in [7, 11) is -3.65. The molecule has 0 spiro atoms. The third-order valence-electron chi connectivity index (χ3n) is 5.80. The number of para-hydroxylation sites is 1. The third-order valence-corrected chi connectivity index (χ3v) is 7.69. The van der Waals surface area contributed by atoms with Crippen molar-refractivity contribution in [2.75, 3.05) is 31.6 Å². The first-order valence-corrected chi connectivity index (χ1v) is 12.4. The fourth-order valence-electron chi connectivity index (χ4n) is 4.12. The van der Waals surface area contributed by atoms with Gasteiger partial charge in [-0.3, -0.25) is 9.36 Å². The Labute approximate surface area is 197 Å². The van der Waals surface area contributed by atoms with Crippen LogP contribution in [0.25, 0.3) is 16.7 Å². The molecule has 34 heavy (non-hydrogen) atoms. The van der Waals surface area contributed by atoms with Crippen LogP contribution in [0.1, 0.15) is 16.2 Å². The lowest BCUT2D eigenvalue weighted by molar-refractivity contribution is 0.0730. The standard InChI is InChI=1S/C25H24N4O4S/c1-18-26-23-16-19(10-11-24(23)29(18)21-7-3-2-4-8-21)25(30)27-20-6-5-9-22(17-20)34(31,32)28-12-14-33-15-13-28/h2-11,16-17H,12-15H2,1H3,(H,27,30). The van der Waals surface area contributed by atoms with E-state index in [-0.39, 0.29) is 10.8 Å². The molecule has 0 saturated carbocycles. The Hall–Kier alpha value is -3.53. The predicted octanol–water partition coefficient (Wildman–Crippen LogP) is 3.61. The molecule has 3 aromatic carbocycles. The summed E-state index contributed by atoms with van der Waals surface area (Å²) >= 11 is 0. The maximum atomic E-state index is 13.0. The van der Waals surface area contributed by atoms with Crippen molar-refractivity contribution in [3.63, 3.8) is 0 Å². The molecule has 9 heteroatoms. The van der Waals surface area contributed by atoms with Crippen molar-refractivity contribution in [2.45, 2.75) is 11.8 Å². The molecule has 1 fully saturated rings. The summed E-state index contributed by atoms with van der Waals surface area (Å²) in [5.74, 6) is 0.481. The lowest BCUT2D eigenvalue weighted by Crippen LogP contribution is -2.40. The zero-order chi connectivity index (χ0) is 23.7. The highest BCUT2D eigenvalue weighted by atomic mass is 32.2. The van der Waals surface area contributed by atoms with Crippen LogP contribution < -0.4 is 5.32 Å². The van der Waals surface area contributed by atoms with E-state index in [0.717, 1.165) is 17.0 Å². The number of sulfonamides is 1. The van der Waals surface area contributed by atoms with Crippen molar-refractivity contribution >= 4 is 32.7 Å². The predicted molar refractivity (Wildman–Crippen MR) is 130 cm³/mol. The van der Waals surface area contributed by atoms with E-state index in [0.29, 0.717) is 43.1 Å². The Morgan fingerprint density at radius 2 is 1.74 bits per heavy atom. The molecule has 2 heterocycles. The van der Waals surface area contributed by atoms with E-state index >= 15 is 0 Å². The number of ether oxygens (including phenoxy) is 1. The quantitative estimate of drug-likeness (QED) is 0.475. The Morgan fingerprint density at radius 1 is 0.971 bits per heavy atom. The number of aromatic nitrogens is 2. The van der Waals surface area contributed by atoms with Gasteiger partial charge < -0.3 is 10.1 Å². The number of amides is 1. The minimum absolute atomic E-state index is 0.139. The summed E-state index contributed by atoms with van der Waals surface area (Å²) in [4.78, 5) is 17.7. The second kappa shape index (κ2) is 9.02. The van der Waals surface area contributed by atoms with Gasteiger partial charge in [-0.05, 0) is 55.5 Å². The molecule has 0 bridgehead atoms. The SMILES string of the molecule is Cc1nc2cc(C(=O)Nc3cccc(S(=O)(=O)N4CCOCC4)c3)ccc2n1-c1ccccc1. The number of morpholine rings is 1. The van der Waals surface area contributed by atoms with E-state index < -0.39 is 10.0 Å². The van der Waals surface area contributed by atoms with Crippen LogP contribution in [0.2, 0.25) is 0 Å². The number of nitrogens with zero attached hydrogens (tertiary/aromatic N) is 3. The number of fused-ring (bicyclic) bond motifs is 1. The van der Waals surface area contributed by atoms with E-state index in [1.807, 2.05) is 47.9 Å². The van der Waals surface area contributed by atoms with Gasteiger partial charge in [0.25, 0.3) is 5.91 Å². The van der Waals surface area contributed by atoms with Crippen LogP contribution in [-0.4, -0.2) is 54.5 Å². The molecule has 0 atom stereocenters. The first kappa shape index (κ1) is 22.3. The summed E-state index contributed by atoms with van der Waals surface area (Å²) < 4.78 is 34.6. The topological polar surface area (TPSA) is 93.5 Å². The number of anilines is 1. The van der Waals surface area contributed by atoms with Gasteiger partial charge in [0.15, 0.2) is 0 Å². The maximum Gasteiger partial charge on any atom is 0.255 e. The van der Waals surface area contributed by atoms with Crippen LogP contribution in [0, 0.1) is 6.92 Å². The summed E-state index contributed by atoms with van der Waals surface area (Å²) in [5.41, 5.74) is 3.45. The number of carbonyl (C=O) groups is 1. The van der Waals surface area contributed by atoms with Crippen LogP contribution in [0.4, 0.5) is 5.69 Å². The van der Waals surface area contributed by atoms with Crippen LogP contribution in [0.5, 0.6) is 0 Å². The molecule has 1 N–H and O–H groups in total. The number of rotatable bonds is 5. The number of nitrogens with one attached hydrogen (secondary N) is 1. The van der Waals surface area contributed by atoms with Crippen molar-refractivity contribution in [1.29, 1.82) is 0 Å². The number of hydrogen-bond acceptors (Lipinski definition) is 5. The molecule has 1 amide bonds. The van der Waals surface area contributed by atoms with Gasteiger partial charge in [-0.1, -0.05) is 24.3 Å². The number of aryl methyl sites for hydroxylation is 1. The van der Waals surface area contributed by atoms with Gasteiger partial charge in [-0.2, -0.15) is 4.31 Å². The number of benzene rings is 3. The molecule has 4 aromatic rings. The van der Waals surface area contributed by atoms with E-state index in [1.165, 1.54) is 16.4 Å². The number of hydrogen-bond donors (Lipinski definition) is 1. The highest BCUT2D eigenvalue weighted by Gasteiger charge is 2.26. The Morgan fingerprint density at radius 3 is 2.50 bits per heavy atom. The summed E-state index contributed by atoms with van der Waals surface area (Å²) in [6, 6.07) is 21.6. The molecule has 174 valence electrons. The van der Waals surface area contributed by atoms with Crippen molar-refractivity contribution in [2.24, 2.45) is 0 Å². The van der Waals surface area contributed by atoms with Gasteiger partial charge in [0.05, 0.1) is 29.1 Å². The molecular formula is C25H24N4O4S. The largest absolute Gasteiger partial charge is 0.379 e. The van der Waals surface area contributed by atoms with Gasteiger partial charge >= 0.3 is 0 Å². The van der Waals surface area contributed by atoms with E-state index in [2.05, 4.69) is 10.3 Å². The molecule has 1 aliphatic heterocycles. The molecule has 1 aromatic heterocycles. The second-order valence-corrected chi connectivity index (χ2v) is 9.97. The highest BCUT2D eigenvalue weighted by molar-refractivity contribution is 7.89. The molecule has 1 saturated heterocycles. The average Bonchev–Trinajstić information content (AvgIpc) is 3.20. The highest BCUT2D eigenvalue weighted by Crippen LogP contribution is 2.24. The van der Waals surface area contributed by atoms with Gasteiger partial charge in [-0.25, -0.2) is 13.4 Å². The van der Waals surface area contributed by atoms with Crippen LogP contribution >= 0.6 is 0 Å². The third kappa shape index (κ3) is 4.21. The molecular weight excluding hydrogens is 452 g/mol. The summed E-state index contributed by atoms with van der Waals surface area (Å²) in [5, 5.41) is 2.81. The zero-order valence-corrected chi connectivity index (χ0v) is 19.5. The average molecular weight is 477 g/mol. The van der Waals surface area contributed by atoms with Crippen molar-refractivity contribution in [3.05, 3.63) is 84.2 Å². The van der Waals surface area contributed by atoms with E-state index in [1.54, 1.807) is 24.3 Å². The molecule has 8 nitrogen and oxygen atoms in total. The fraction of sp³-hybridized carbons (Fsp3) is 0.200. The van der Waals surface area contributed by atoms with E-state index in [9.17, 15) is 13.2 Å². The maximum absolute atomic E-state index is 13.0. The zero-order valence-electron chi connectivity index (χ0n) is 18.6. The Bertz CT molecular complexity index is 1460.